The van der Waals surface area contributed by atoms with E-state index in [1.165, 1.54) is 6.07 Å². The van der Waals surface area contributed by atoms with Gasteiger partial charge in [0.2, 0.25) is 10.0 Å². The number of carboxylic acids is 1. The van der Waals surface area contributed by atoms with E-state index >= 15 is 0 Å². The molecule has 7 heteroatoms. The van der Waals surface area contributed by atoms with Gasteiger partial charge in [-0.25, -0.2) is 8.42 Å². The zero-order valence-electron chi connectivity index (χ0n) is 15.0. The fourth-order valence-corrected chi connectivity index (χ4v) is 5.36. The molecule has 0 amide bonds. The number of hydrogen-bond donors (Lipinski definition) is 2. The first-order chi connectivity index (χ1) is 12.3. The number of nitrogens with one attached hydrogen (secondary N) is 1. The molecule has 0 unspecified atom stereocenters. The lowest BCUT2D eigenvalue weighted by Crippen LogP contribution is -2.55. The summed E-state index contributed by atoms with van der Waals surface area (Å²) in [7, 11) is -0.185. The number of benzene rings is 2. The van der Waals surface area contributed by atoms with Gasteiger partial charge in [-0.05, 0) is 25.0 Å². The number of hydrogen-bond acceptors (Lipinski definition) is 4. The van der Waals surface area contributed by atoms with Gasteiger partial charge in [0.15, 0.2) is 0 Å². The second-order valence-corrected chi connectivity index (χ2v) is 8.73. The fraction of sp³-hybridized carbons (Fsp3) is 0.421. The molecule has 1 aliphatic rings. The van der Waals surface area contributed by atoms with E-state index in [4.69, 9.17) is 0 Å². The predicted octanol–water partition coefficient (Wildman–Crippen LogP) is 2.97. The molecular weight excluding hydrogens is 352 g/mol. The molecular formula is C19H24N2O4S. The van der Waals surface area contributed by atoms with Gasteiger partial charge in [0.05, 0.1) is 4.90 Å². The molecule has 140 valence electrons. The van der Waals surface area contributed by atoms with E-state index in [9.17, 15) is 18.3 Å². The van der Waals surface area contributed by atoms with Crippen molar-refractivity contribution in [3.63, 3.8) is 0 Å². The largest absolute Gasteiger partial charge is 0.480 e. The van der Waals surface area contributed by atoms with E-state index in [-0.39, 0.29) is 4.90 Å². The van der Waals surface area contributed by atoms with Gasteiger partial charge >= 0.3 is 5.97 Å². The van der Waals surface area contributed by atoms with Gasteiger partial charge in [-0.2, -0.15) is 4.72 Å². The molecule has 0 radical (unpaired) electrons. The quantitative estimate of drug-likeness (QED) is 0.838. The van der Waals surface area contributed by atoms with Crippen molar-refractivity contribution in [1.82, 2.24) is 4.72 Å². The highest BCUT2D eigenvalue weighted by Gasteiger charge is 2.43. The molecule has 0 saturated heterocycles. The summed E-state index contributed by atoms with van der Waals surface area (Å²) in [6.07, 6.45) is 2.96. The summed E-state index contributed by atoms with van der Waals surface area (Å²) in [6.45, 7) is 0. The Balaban J connectivity index is 2.10. The van der Waals surface area contributed by atoms with Crippen LogP contribution >= 0.6 is 0 Å². The standard InChI is InChI=1S/C19H24N2O4S/c1-21(2)16-10-6-9-15-14(16)8-7-11-17(15)26(24,25)20-19(18(22)23)12-4-3-5-13-19/h6-11,20H,3-5,12-13H2,1-2H3,(H,22,23). The van der Waals surface area contributed by atoms with Crippen molar-refractivity contribution in [3.8, 4) is 0 Å². The maximum atomic E-state index is 13.1. The van der Waals surface area contributed by atoms with Crippen LogP contribution in [0.3, 0.4) is 0 Å². The minimum absolute atomic E-state index is 0.116. The maximum absolute atomic E-state index is 13.1. The van der Waals surface area contributed by atoms with E-state index < -0.39 is 21.5 Å². The van der Waals surface area contributed by atoms with Gasteiger partial charge in [0.25, 0.3) is 0 Å². The van der Waals surface area contributed by atoms with Gasteiger partial charge in [-0.3, -0.25) is 4.79 Å². The van der Waals surface area contributed by atoms with Gasteiger partial charge in [0.1, 0.15) is 5.54 Å². The Kier molecular flexibility index (Phi) is 4.94. The number of rotatable bonds is 5. The summed E-state index contributed by atoms with van der Waals surface area (Å²) in [5.74, 6) is -1.10. The van der Waals surface area contributed by atoms with Gasteiger partial charge in [-0.1, -0.05) is 43.5 Å². The average Bonchev–Trinajstić information content (AvgIpc) is 2.60. The van der Waals surface area contributed by atoms with Crippen molar-refractivity contribution in [2.75, 3.05) is 19.0 Å². The lowest BCUT2D eigenvalue weighted by Gasteiger charge is -2.33. The van der Waals surface area contributed by atoms with Crippen LogP contribution in [0.1, 0.15) is 32.1 Å². The number of carbonyl (C=O) groups is 1. The van der Waals surface area contributed by atoms with E-state index in [1.807, 2.05) is 37.2 Å². The second-order valence-electron chi connectivity index (χ2n) is 7.08. The highest BCUT2D eigenvalue weighted by molar-refractivity contribution is 7.89. The molecule has 0 heterocycles. The van der Waals surface area contributed by atoms with E-state index in [1.54, 1.807) is 12.1 Å². The first kappa shape index (κ1) is 18.7. The van der Waals surface area contributed by atoms with Crippen molar-refractivity contribution >= 4 is 32.5 Å². The monoisotopic (exact) mass is 376 g/mol. The van der Waals surface area contributed by atoms with Crippen molar-refractivity contribution in [2.24, 2.45) is 0 Å². The normalized spacial score (nSPS) is 17.2. The molecule has 0 atom stereocenters. The number of carboxylic acid groups (broad SMARTS) is 1. The van der Waals surface area contributed by atoms with Crippen LogP contribution in [0.4, 0.5) is 5.69 Å². The van der Waals surface area contributed by atoms with Crippen LogP contribution in [-0.2, 0) is 14.8 Å². The van der Waals surface area contributed by atoms with Crippen molar-refractivity contribution in [2.45, 2.75) is 42.5 Å². The first-order valence-electron chi connectivity index (χ1n) is 8.73. The van der Waals surface area contributed by atoms with Crippen LogP contribution < -0.4 is 9.62 Å². The Morgan fingerprint density at radius 1 is 1.04 bits per heavy atom. The third kappa shape index (κ3) is 3.29. The summed E-state index contributed by atoms with van der Waals surface area (Å²) >= 11 is 0. The SMILES string of the molecule is CN(C)c1cccc2c(S(=O)(=O)NC3(C(=O)O)CCCCC3)cccc12. The Morgan fingerprint density at radius 2 is 1.65 bits per heavy atom. The first-order valence-corrected chi connectivity index (χ1v) is 10.2. The van der Waals surface area contributed by atoms with Gasteiger partial charge < -0.3 is 10.0 Å². The van der Waals surface area contributed by atoms with Crippen LogP contribution in [0.5, 0.6) is 0 Å². The molecule has 1 fully saturated rings. The summed E-state index contributed by atoms with van der Waals surface area (Å²) in [4.78, 5) is 13.9. The lowest BCUT2D eigenvalue weighted by molar-refractivity contribution is -0.145. The van der Waals surface area contributed by atoms with Crippen LogP contribution in [-0.4, -0.2) is 39.1 Å². The molecule has 2 aromatic rings. The zero-order valence-corrected chi connectivity index (χ0v) is 15.8. The Hall–Kier alpha value is -2.12. The minimum Gasteiger partial charge on any atom is -0.480 e. The maximum Gasteiger partial charge on any atom is 0.324 e. The van der Waals surface area contributed by atoms with Crippen LogP contribution in [0.2, 0.25) is 0 Å². The number of sulfonamides is 1. The number of nitrogens with zero attached hydrogens (tertiary/aromatic N) is 1. The summed E-state index contributed by atoms with van der Waals surface area (Å²) < 4.78 is 28.8. The van der Waals surface area contributed by atoms with Crippen molar-refractivity contribution in [3.05, 3.63) is 36.4 Å². The molecule has 3 rings (SSSR count). The molecule has 26 heavy (non-hydrogen) atoms. The number of anilines is 1. The predicted molar refractivity (Wildman–Crippen MR) is 102 cm³/mol. The number of aliphatic carboxylic acids is 1. The summed E-state index contributed by atoms with van der Waals surface area (Å²) in [5, 5.41) is 11.1. The zero-order chi connectivity index (χ0) is 18.9. The fourth-order valence-electron chi connectivity index (χ4n) is 3.72. The smallest absolute Gasteiger partial charge is 0.324 e. The molecule has 6 nitrogen and oxygen atoms in total. The molecule has 1 aliphatic carbocycles. The topological polar surface area (TPSA) is 86.7 Å². The van der Waals surface area contributed by atoms with Crippen LogP contribution in [0, 0.1) is 0 Å². The van der Waals surface area contributed by atoms with E-state index in [2.05, 4.69) is 4.72 Å². The molecule has 2 aromatic carbocycles. The van der Waals surface area contributed by atoms with Crippen molar-refractivity contribution in [1.29, 1.82) is 0 Å². The molecule has 1 saturated carbocycles. The lowest BCUT2D eigenvalue weighted by atomic mass is 9.83. The summed E-state index contributed by atoms with van der Waals surface area (Å²) in [6, 6.07) is 10.6. The third-order valence-corrected chi connectivity index (χ3v) is 6.67. The Bertz CT molecular complexity index is 932. The molecule has 2 N–H and O–H groups in total. The Morgan fingerprint density at radius 3 is 2.27 bits per heavy atom. The van der Waals surface area contributed by atoms with Crippen molar-refractivity contribution < 1.29 is 18.3 Å². The molecule has 0 bridgehead atoms. The third-order valence-electron chi connectivity index (χ3n) is 5.08. The minimum atomic E-state index is -3.98. The molecule has 0 aliphatic heterocycles. The average molecular weight is 376 g/mol. The molecule has 0 aromatic heterocycles. The molecule has 0 spiro atoms. The van der Waals surface area contributed by atoms with Gasteiger partial charge in [-0.15, -0.1) is 0 Å². The second kappa shape index (κ2) is 6.89. The Labute approximate surface area is 153 Å². The number of fused-ring (bicyclic) bond motifs is 1. The van der Waals surface area contributed by atoms with E-state index in [0.717, 1.165) is 17.5 Å². The summed E-state index contributed by atoms with van der Waals surface area (Å²) in [5.41, 5.74) is -0.511. The van der Waals surface area contributed by atoms with Gasteiger partial charge in [0, 0.05) is 30.6 Å². The van der Waals surface area contributed by atoms with Crippen LogP contribution in [0.15, 0.2) is 41.3 Å². The van der Waals surface area contributed by atoms with E-state index in [0.29, 0.717) is 31.1 Å². The highest BCUT2D eigenvalue weighted by Crippen LogP contribution is 2.33. The van der Waals surface area contributed by atoms with Crippen LogP contribution in [0.25, 0.3) is 10.8 Å². The highest BCUT2D eigenvalue weighted by atomic mass is 32.2.